The van der Waals surface area contributed by atoms with E-state index in [4.69, 9.17) is 9.47 Å². The van der Waals surface area contributed by atoms with E-state index in [0.29, 0.717) is 17.9 Å². The molecule has 0 spiro atoms. The highest BCUT2D eigenvalue weighted by Gasteiger charge is 2.93. The number of rotatable bonds is 5. The molecule has 25 heavy (non-hydrogen) atoms. The van der Waals surface area contributed by atoms with Gasteiger partial charge in [-0.05, 0) is 66.0 Å². The summed E-state index contributed by atoms with van der Waals surface area (Å²) in [4.78, 5) is 2.56. The van der Waals surface area contributed by atoms with Crippen molar-refractivity contribution in [2.45, 2.75) is 24.6 Å². The molecule has 4 nitrogen and oxygen atoms in total. The molecular formula is C21H25NO3. The van der Waals surface area contributed by atoms with Crippen molar-refractivity contribution in [1.29, 1.82) is 0 Å². The Bertz CT molecular complexity index is 795. The molecule has 7 fully saturated rings. The van der Waals surface area contributed by atoms with Gasteiger partial charge in [0.15, 0.2) is 11.5 Å². The van der Waals surface area contributed by atoms with Crippen molar-refractivity contribution in [1.82, 2.24) is 4.90 Å². The van der Waals surface area contributed by atoms with Gasteiger partial charge >= 0.3 is 0 Å². The van der Waals surface area contributed by atoms with Crippen LogP contribution in [0.2, 0.25) is 0 Å². The van der Waals surface area contributed by atoms with E-state index in [9.17, 15) is 5.11 Å². The lowest BCUT2D eigenvalue weighted by Gasteiger charge is -2.45. The minimum atomic E-state index is -0.451. The van der Waals surface area contributed by atoms with E-state index in [-0.39, 0.29) is 0 Å². The fourth-order valence-corrected chi connectivity index (χ4v) is 9.15. The number of hydrogen-bond acceptors (Lipinski definition) is 4. The summed E-state index contributed by atoms with van der Waals surface area (Å²) in [7, 11) is 3.36. The Morgan fingerprint density at radius 1 is 1.04 bits per heavy atom. The van der Waals surface area contributed by atoms with Gasteiger partial charge < -0.3 is 14.6 Å². The summed E-state index contributed by atoms with van der Waals surface area (Å²) >= 11 is 0. The molecule has 132 valence electrons. The molecule has 0 aromatic heterocycles. The summed E-state index contributed by atoms with van der Waals surface area (Å²) < 4.78 is 10.8. The van der Waals surface area contributed by atoms with Gasteiger partial charge in [0.25, 0.3) is 0 Å². The Labute approximate surface area is 148 Å². The number of aliphatic hydroxyl groups is 1. The van der Waals surface area contributed by atoms with Crippen LogP contribution in [0.1, 0.15) is 12.0 Å². The third kappa shape index (κ3) is 1.19. The van der Waals surface area contributed by atoms with E-state index < -0.39 is 5.72 Å². The van der Waals surface area contributed by atoms with E-state index in [1.807, 2.05) is 6.07 Å². The summed E-state index contributed by atoms with van der Waals surface area (Å²) in [5.41, 5.74) is 0.818. The molecule has 5 aliphatic carbocycles. The minimum absolute atomic E-state index is 0.451. The van der Waals surface area contributed by atoms with Gasteiger partial charge in [-0.25, -0.2) is 0 Å². The molecule has 10 atom stereocenters. The van der Waals surface area contributed by atoms with Gasteiger partial charge in [0, 0.05) is 24.4 Å². The van der Waals surface area contributed by atoms with Crippen molar-refractivity contribution < 1.29 is 14.6 Å². The van der Waals surface area contributed by atoms with Crippen molar-refractivity contribution in [2.24, 2.45) is 47.3 Å². The summed E-state index contributed by atoms with van der Waals surface area (Å²) in [5, 5.41) is 11.7. The number of ether oxygens (including phenoxy) is 2. The molecular weight excluding hydrogens is 314 g/mol. The van der Waals surface area contributed by atoms with Gasteiger partial charge in [0.2, 0.25) is 0 Å². The summed E-state index contributed by atoms with van der Waals surface area (Å²) in [5.74, 6) is 8.17. The number of benzene rings is 1. The van der Waals surface area contributed by atoms with Gasteiger partial charge in [-0.2, -0.15) is 0 Å². The maximum atomic E-state index is 11.7. The van der Waals surface area contributed by atoms with Gasteiger partial charge in [0.05, 0.1) is 14.2 Å². The van der Waals surface area contributed by atoms with E-state index in [2.05, 4.69) is 17.0 Å². The summed E-state index contributed by atoms with van der Waals surface area (Å²) in [6.07, 6.45) is 2.42. The van der Waals surface area contributed by atoms with Gasteiger partial charge in [0.1, 0.15) is 5.72 Å². The van der Waals surface area contributed by atoms with E-state index >= 15 is 0 Å². The fourth-order valence-electron chi connectivity index (χ4n) is 9.15. The van der Waals surface area contributed by atoms with E-state index in [1.165, 1.54) is 12.0 Å². The Morgan fingerprint density at radius 3 is 2.68 bits per heavy atom. The number of methoxy groups -OCH3 is 2. The monoisotopic (exact) mass is 339 g/mol. The van der Waals surface area contributed by atoms with Crippen LogP contribution in [0.25, 0.3) is 0 Å². The summed E-state index contributed by atoms with van der Waals surface area (Å²) in [6.45, 7) is 0.982. The molecule has 0 unspecified atom stereocenters. The average molecular weight is 339 g/mol. The van der Waals surface area contributed by atoms with Crippen LogP contribution < -0.4 is 9.47 Å². The van der Waals surface area contributed by atoms with Gasteiger partial charge in [-0.3, -0.25) is 4.90 Å². The molecule has 1 aromatic rings. The predicted octanol–water partition coefficient (Wildman–Crippen LogP) is 2.01. The van der Waals surface area contributed by atoms with Gasteiger partial charge in [-0.1, -0.05) is 6.07 Å². The average Bonchev–Trinajstić information content (AvgIpc) is 3.25. The molecule has 2 heterocycles. The normalized spacial score (nSPS) is 54.8. The van der Waals surface area contributed by atoms with Crippen molar-refractivity contribution in [3.8, 4) is 11.5 Å². The lowest BCUT2D eigenvalue weighted by Crippen LogP contribution is -2.51. The zero-order valence-electron chi connectivity index (χ0n) is 14.8. The lowest BCUT2D eigenvalue weighted by molar-refractivity contribution is -0.130. The second kappa shape index (κ2) is 4.01. The Balaban J connectivity index is 1.18. The predicted molar refractivity (Wildman–Crippen MR) is 91.2 cm³/mol. The third-order valence-corrected chi connectivity index (χ3v) is 9.30. The molecule has 4 heteroatoms. The topological polar surface area (TPSA) is 41.9 Å². The first-order valence-electron chi connectivity index (χ1n) is 9.90. The maximum Gasteiger partial charge on any atom is 0.160 e. The Kier molecular flexibility index (Phi) is 2.23. The standard InChI is InChI=1S/C21H25NO3/c1-24-12-4-3-9(7-13(12)25-2)5-6-22-20-16-10-8-11-15-14(10)17(20)19(15)21(22,23)18(11)16/h3-4,7,10-11,14-20,23H,5-6,8H2,1-2H3/t10-,11+,14-,15+,16+,17-,18-,19+,20-,21+/m0/s1. The second-order valence-corrected chi connectivity index (χ2v) is 9.33. The first kappa shape index (κ1) is 13.9. The van der Waals surface area contributed by atoms with Crippen LogP contribution in [0.4, 0.5) is 0 Å². The van der Waals surface area contributed by atoms with Crippen LogP contribution in [0.5, 0.6) is 11.5 Å². The van der Waals surface area contributed by atoms with Crippen molar-refractivity contribution in [3.05, 3.63) is 23.8 Å². The molecule has 5 saturated carbocycles. The Hall–Kier alpha value is -1.26. The van der Waals surface area contributed by atoms with Crippen molar-refractivity contribution in [3.63, 3.8) is 0 Å². The fraction of sp³-hybridized carbons (Fsp3) is 0.714. The van der Waals surface area contributed by atoms with E-state index in [1.54, 1.807) is 14.2 Å². The molecule has 0 amide bonds. The molecule has 1 aromatic carbocycles. The highest BCUT2D eigenvalue weighted by atomic mass is 16.5. The van der Waals surface area contributed by atoms with Crippen LogP contribution in [-0.2, 0) is 6.42 Å². The molecule has 4 bridgehead atoms. The highest BCUT2D eigenvalue weighted by Crippen LogP contribution is 2.90. The quantitative estimate of drug-likeness (QED) is 0.891. The molecule has 2 aliphatic heterocycles. The number of nitrogens with zero attached hydrogens (tertiary/aromatic N) is 1. The van der Waals surface area contributed by atoms with Crippen molar-refractivity contribution >= 4 is 0 Å². The SMILES string of the molecule is COc1ccc(CCN2[C@@H]3[C@H]4[C@H]5[C@@H]6C[C@@H]7[C@H]5[C@H]4[C@]2(O)[C@@H]7[C@@H]63)cc1OC. The molecule has 8 rings (SSSR count). The molecule has 1 N–H and O–H groups in total. The molecule has 2 saturated heterocycles. The molecule has 0 radical (unpaired) electrons. The zero-order valence-corrected chi connectivity index (χ0v) is 14.8. The maximum absolute atomic E-state index is 11.7. The smallest absolute Gasteiger partial charge is 0.160 e. The third-order valence-electron chi connectivity index (χ3n) is 9.30. The van der Waals surface area contributed by atoms with Crippen LogP contribution in [0, 0.1) is 47.3 Å². The zero-order chi connectivity index (χ0) is 16.7. The first-order valence-corrected chi connectivity index (χ1v) is 9.90. The molecule has 7 aliphatic rings. The van der Waals surface area contributed by atoms with Crippen LogP contribution >= 0.6 is 0 Å². The minimum Gasteiger partial charge on any atom is -0.493 e. The highest BCUT2D eigenvalue weighted by molar-refractivity contribution is 5.44. The van der Waals surface area contributed by atoms with Crippen LogP contribution in [0.3, 0.4) is 0 Å². The van der Waals surface area contributed by atoms with Crippen LogP contribution in [0.15, 0.2) is 18.2 Å². The summed E-state index contributed by atoms with van der Waals surface area (Å²) in [6, 6.07) is 6.91. The van der Waals surface area contributed by atoms with Crippen molar-refractivity contribution in [2.75, 3.05) is 20.8 Å². The van der Waals surface area contributed by atoms with E-state index in [0.717, 1.165) is 60.0 Å². The van der Waals surface area contributed by atoms with Crippen LogP contribution in [-0.4, -0.2) is 42.5 Å². The van der Waals surface area contributed by atoms with Gasteiger partial charge in [-0.15, -0.1) is 0 Å². The second-order valence-electron chi connectivity index (χ2n) is 9.33. The first-order chi connectivity index (χ1) is 12.2. The number of hydrogen-bond donors (Lipinski definition) is 1. The Morgan fingerprint density at radius 2 is 1.88 bits per heavy atom. The largest absolute Gasteiger partial charge is 0.493 e. The lowest BCUT2D eigenvalue weighted by atomic mass is 9.59.